The summed E-state index contributed by atoms with van der Waals surface area (Å²) in [7, 11) is 4.03. The van der Waals surface area contributed by atoms with Crippen molar-refractivity contribution >= 4 is 117 Å². The van der Waals surface area contributed by atoms with Gasteiger partial charge in [0, 0.05) is 89.2 Å². The molecule has 712 valence electrons. The molecule has 3 aliphatic heterocycles. The number of hydrogen-bond donors (Lipinski definition) is 14. The smallest absolute Gasteiger partial charge is 0.305 e. The van der Waals surface area contributed by atoms with Gasteiger partial charge in [-0.15, -0.1) is 11.8 Å². The van der Waals surface area contributed by atoms with Crippen molar-refractivity contribution in [3.05, 3.63) is 167 Å². The fourth-order valence-electron chi connectivity index (χ4n) is 16.7. The summed E-state index contributed by atoms with van der Waals surface area (Å²) in [4.78, 5) is 248. The normalized spacial score (nSPS) is 23.8. The molecule has 1 aromatic heterocycles. The Balaban J connectivity index is 1.13. The number of fused-ring (bicyclic) bond motifs is 3. The molecule has 15 amide bonds. The second kappa shape index (κ2) is 48.8. The SMILES string of the molecule is CCCC[C@H]1C(=O)N2CCC[C@@H]2C(=O)N[C@@H](CC(=O)O)C(=O)N[C@@H](C(C)C)C(=O)N(C)[C@@H](CC(C)C)C(=O)N[C@@H](Cc2ccc(O)cc2)C(=O)N2CCCC[C@@H]2C(=O)N[C@@H](Cc2c[nH]c3ccccc23)C(=O)N[C@@H](Cc2ccc(O)cc2)C(=O)N[C@@H](CC(C)C)C(=O)N[C@H](C(=O)NCC(N)=O)CSCC(=O)N[C@@H](Cc2ccc(F)cc2)C(=O)N(C)[C@@H](Cc2ccccc2)C(=O)N1C. The number of nitrogens with two attached hydrogens (primary N) is 1. The molecule has 35 nitrogen and oxygen atoms in total. The van der Waals surface area contributed by atoms with Gasteiger partial charge in [-0.3, -0.25) is 76.7 Å². The van der Waals surface area contributed by atoms with Crippen LogP contribution in [-0.2, 0) is 109 Å². The molecule has 0 aliphatic carbocycles. The Hall–Kier alpha value is -13.0. The van der Waals surface area contributed by atoms with Crippen LogP contribution in [0.25, 0.3) is 10.9 Å². The number of para-hydroxylation sites is 1. The standard InChI is InChI=1S/C95H125FN16O19S/c1-11-12-25-76-94(130)112-41-20-27-75(112)89(125)104-70(49-81(117)118)87(123)107-82(56(6)7)95(131)109(9)77(43-55(4)5)90(126)105-72(46-60-32-38-64(114)39-33-60)92(128)111-40-19-18-26-74(111)88(124)103-69(48-61-50-98-66-24-17-16-23-65(61)66)86(122)102-68(44-59-30-36-63(113)37-31-59)85(121)101-67(42-54(2)3)84(120)106-73(83(119)99-51-79(97)115)52-132-53-80(116)100-71(45-58-28-34-62(96)35-29-58)91(127)110(10)78(93(129)108(76)8)47-57-21-14-13-15-22-57/h13-17,21-24,28-39,50,54-56,67-78,82,98,113-114H,11-12,18-20,25-27,40-49,51-53H2,1-10H3,(H2,97,115)(H,99,119)(H,100,116)(H,101,121)(H,102,122)(H,103,124)(H,104,125)(H,105,126)(H,106,120)(H,107,123)(H,117,118)/t67-,68-,69-,70-,71-,72-,73-,74+,75+,76-,77-,78-,82-/m0/s1. The van der Waals surface area contributed by atoms with Crippen molar-refractivity contribution in [2.24, 2.45) is 23.5 Å². The number of aromatic hydroxyl groups is 2. The molecule has 0 unspecified atom stereocenters. The number of hydrogen-bond acceptors (Lipinski definition) is 19. The number of nitrogens with one attached hydrogen (secondary N) is 10. The molecule has 3 saturated heterocycles. The number of thioether (sulfide) groups is 1. The number of H-pyrrole nitrogens is 1. The van der Waals surface area contributed by atoms with Gasteiger partial charge in [0.05, 0.1) is 18.7 Å². The van der Waals surface area contributed by atoms with Crippen LogP contribution in [0.2, 0.25) is 0 Å². The fraction of sp³-hybridized carbons (Fsp3) is 0.495. The van der Waals surface area contributed by atoms with Crippen LogP contribution >= 0.6 is 11.8 Å². The lowest BCUT2D eigenvalue weighted by molar-refractivity contribution is -0.152. The van der Waals surface area contributed by atoms with Crippen molar-refractivity contribution in [1.82, 2.24) is 77.3 Å². The van der Waals surface area contributed by atoms with Gasteiger partial charge in [0.2, 0.25) is 88.6 Å². The maximum atomic E-state index is 15.8. The predicted octanol–water partition coefficient (Wildman–Crippen LogP) is 3.72. The van der Waals surface area contributed by atoms with E-state index in [0.717, 1.165) is 33.7 Å². The summed E-state index contributed by atoms with van der Waals surface area (Å²) >= 11 is 0.795. The molecule has 6 aromatic rings. The number of carboxylic acids is 1. The maximum absolute atomic E-state index is 15.8. The zero-order valence-corrected chi connectivity index (χ0v) is 77.1. The number of primary amides is 1. The van der Waals surface area contributed by atoms with E-state index < -0.39 is 209 Å². The number of piperidine rings is 1. The maximum Gasteiger partial charge on any atom is 0.305 e. The quantitative estimate of drug-likeness (QED) is 0.0434. The van der Waals surface area contributed by atoms with Gasteiger partial charge >= 0.3 is 5.97 Å². The highest BCUT2D eigenvalue weighted by Gasteiger charge is 2.46. The molecule has 0 bridgehead atoms. The van der Waals surface area contributed by atoms with Crippen LogP contribution in [0.3, 0.4) is 0 Å². The Labute approximate surface area is 771 Å². The monoisotopic (exact) mass is 1840 g/mol. The van der Waals surface area contributed by atoms with Gasteiger partial charge in [0.15, 0.2) is 0 Å². The Kier molecular flexibility index (Phi) is 38.0. The van der Waals surface area contributed by atoms with E-state index in [0.29, 0.717) is 64.4 Å². The number of aliphatic carboxylic acids is 1. The fourth-order valence-corrected chi connectivity index (χ4v) is 17.6. The number of unbranched alkanes of at least 4 members (excludes halogenated alkanes) is 1. The molecular formula is C95H125FN16O19S. The lowest BCUT2D eigenvalue weighted by Crippen LogP contribution is -2.63. The summed E-state index contributed by atoms with van der Waals surface area (Å²) in [6, 6.07) is 12.7. The van der Waals surface area contributed by atoms with E-state index in [2.05, 4.69) is 52.8 Å². The lowest BCUT2D eigenvalue weighted by atomic mass is 9.95. The summed E-state index contributed by atoms with van der Waals surface area (Å²) < 4.78 is 14.6. The Morgan fingerprint density at radius 1 is 0.492 bits per heavy atom. The number of halogens is 1. The average molecular weight is 1850 g/mol. The number of carboxylic acid groups (broad SMARTS) is 1. The highest BCUT2D eigenvalue weighted by atomic mass is 32.2. The Bertz CT molecular complexity index is 5060. The van der Waals surface area contributed by atoms with Crippen molar-refractivity contribution in [3.8, 4) is 11.5 Å². The number of rotatable bonds is 23. The van der Waals surface area contributed by atoms with E-state index in [4.69, 9.17) is 5.73 Å². The number of likely N-dealkylation sites (N-methyl/N-ethyl adjacent to an activating group) is 3. The molecule has 3 fully saturated rings. The number of amides is 15. The van der Waals surface area contributed by atoms with Crippen LogP contribution in [0.1, 0.15) is 147 Å². The zero-order chi connectivity index (χ0) is 96.3. The molecule has 9 rings (SSSR count). The largest absolute Gasteiger partial charge is 0.508 e. The second-order valence-electron chi connectivity index (χ2n) is 35.4. The van der Waals surface area contributed by atoms with E-state index in [1.54, 1.807) is 102 Å². The minimum atomic E-state index is -1.89. The molecule has 15 N–H and O–H groups in total. The lowest BCUT2D eigenvalue weighted by Gasteiger charge is -2.38. The molecule has 3 aliphatic rings. The molecule has 0 spiro atoms. The first-order chi connectivity index (χ1) is 62.8. The van der Waals surface area contributed by atoms with Gasteiger partial charge in [0.1, 0.15) is 95.9 Å². The Morgan fingerprint density at radius 2 is 0.985 bits per heavy atom. The van der Waals surface area contributed by atoms with Crippen molar-refractivity contribution in [2.45, 2.75) is 230 Å². The first-order valence-corrected chi connectivity index (χ1v) is 46.0. The van der Waals surface area contributed by atoms with E-state index in [1.165, 1.54) is 96.5 Å². The first kappa shape index (κ1) is 103. The number of nitrogens with zero attached hydrogens (tertiary/aromatic N) is 5. The molecule has 0 radical (unpaired) electrons. The highest BCUT2D eigenvalue weighted by Crippen LogP contribution is 2.29. The molecule has 13 atom stereocenters. The van der Waals surface area contributed by atoms with Crippen molar-refractivity contribution in [1.29, 1.82) is 0 Å². The van der Waals surface area contributed by atoms with Gasteiger partial charge in [-0.2, -0.15) is 0 Å². The van der Waals surface area contributed by atoms with Crippen LogP contribution < -0.4 is 53.6 Å². The van der Waals surface area contributed by atoms with Crippen LogP contribution in [0.5, 0.6) is 11.5 Å². The van der Waals surface area contributed by atoms with Crippen LogP contribution in [0.15, 0.2) is 134 Å². The molecule has 4 heterocycles. The molecule has 132 heavy (non-hydrogen) atoms. The number of benzene rings is 5. The Morgan fingerprint density at radius 3 is 1.58 bits per heavy atom. The minimum absolute atomic E-state index is 0.0135. The van der Waals surface area contributed by atoms with Gasteiger partial charge in [-0.05, 0) is 139 Å². The van der Waals surface area contributed by atoms with E-state index >= 15 is 47.9 Å². The number of carbonyl (C=O) groups excluding carboxylic acids is 15. The topological polar surface area (TPSA) is 500 Å². The molecular weight excluding hydrogens is 1720 g/mol. The molecule has 5 aromatic carbocycles. The van der Waals surface area contributed by atoms with Crippen molar-refractivity contribution < 1.29 is 96.4 Å². The first-order valence-electron chi connectivity index (χ1n) is 44.9. The van der Waals surface area contributed by atoms with Crippen LogP contribution in [0, 0.1) is 23.6 Å². The van der Waals surface area contributed by atoms with Gasteiger partial charge in [0.25, 0.3) is 0 Å². The number of aromatic amines is 1. The van der Waals surface area contributed by atoms with Gasteiger partial charge in [-0.1, -0.05) is 146 Å². The summed E-state index contributed by atoms with van der Waals surface area (Å²) in [6.45, 7) is 11.3. The number of aromatic nitrogens is 1. The summed E-state index contributed by atoms with van der Waals surface area (Å²) in [5.74, 6) is -18.1. The third-order valence-corrected chi connectivity index (χ3v) is 25.0. The summed E-state index contributed by atoms with van der Waals surface area (Å²) in [5.41, 5.74) is 8.43. The van der Waals surface area contributed by atoms with E-state index in [1.807, 2.05) is 6.92 Å². The summed E-state index contributed by atoms with van der Waals surface area (Å²) in [6.07, 6.45) is 1.21. The number of carbonyl (C=O) groups is 16. The summed E-state index contributed by atoms with van der Waals surface area (Å²) in [5, 5.41) is 56.3. The highest BCUT2D eigenvalue weighted by molar-refractivity contribution is 8.00. The number of phenols is 2. The van der Waals surface area contributed by atoms with Crippen molar-refractivity contribution in [2.75, 3.05) is 52.3 Å². The van der Waals surface area contributed by atoms with E-state index in [-0.39, 0.29) is 107 Å². The molecule has 37 heteroatoms. The van der Waals surface area contributed by atoms with Gasteiger partial charge in [-0.25, -0.2) is 4.39 Å². The minimum Gasteiger partial charge on any atom is -0.508 e. The second-order valence-corrected chi connectivity index (χ2v) is 36.4. The van der Waals surface area contributed by atoms with E-state index in [9.17, 15) is 48.5 Å². The molecule has 0 saturated carbocycles. The van der Waals surface area contributed by atoms with Crippen molar-refractivity contribution in [3.63, 3.8) is 0 Å². The van der Waals surface area contributed by atoms with Gasteiger partial charge < -0.3 is 98.4 Å². The number of phenolic OH excluding ortho intramolecular Hbond substituents is 2. The zero-order valence-electron chi connectivity index (χ0n) is 76.3. The third-order valence-electron chi connectivity index (χ3n) is 23.9. The third kappa shape index (κ3) is 29.0. The van der Waals surface area contributed by atoms with Crippen LogP contribution in [0.4, 0.5) is 4.39 Å². The van der Waals surface area contributed by atoms with Crippen LogP contribution in [-0.4, -0.2) is 270 Å². The predicted molar refractivity (Wildman–Crippen MR) is 490 cm³/mol. The average Bonchev–Trinajstić information content (AvgIpc) is 1.64.